The second kappa shape index (κ2) is 8.89. The van der Waals surface area contributed by atoms with Crippen molar-refractivity contribution in [1.82, 2.24) is 0 Å². The van der Waals surface area contributed by atoms with Gasteiger partial charge in [-0.15, -0.1) is 0 Å². The van der Waals surface area contributed by atoms with Crippen LogP contribution in [0.15, 0.2) is 12.2 Å². The van der Waals surface area contributed by atoms with Gasteiger partial charge in [0.2, 0.25) is 0 Å². The van der Waals surface area contributed by atoms with Crippen molar-refractivity contribution in [2.24, 2.45) is 0 Å². The van der Waals surface area contributed by atoms with Gasteiger partial charge in [-0.3, -0.25) is 4.79 Å². The summed E-state index contributed by atoms with van der Waals surface area (Å²) >= 11 is 0. The van der Waals surface area contributed by atoms with Crippen LogP contribution in [0.1, 0.15) is 6.92 Å². The first-order valence-corrected chi connectivity index (χ1v) is 1.48. The standard InChI is InChI=1S/C4H6O.Li.H/c1-2-3-4-5;;/h2-4H,1H3;;. The summed E-state index contributed by atoms with van der Waals surface area (Å²) in [6.45, 7) is 1.80. The fourth-order valence-corrected chi connectivity index (χ4v) is 0.0786. The molecule has 1 nitrogen and oxygen atoms in total. The van der Waals surface area contributed by atoms with Crippen LogP contribution < -0.4 is 0 Å². The summed E-state index contributed by atoms with van der Waals surface area (Å²) in [6, 6.07) is 0. The summed E-state index contributed by atoms with van der Waals surface area (Å²) in [5.74, 6) is 0. The molecule has 0 radical (unpaired) electrons. The number of allylic oxidation sites excluding steroid dienone is 2. The molecule has 0 aromatic heterocycles. The van der Waals surface area contributed by atoms with Gasteiger partial charge in [-0.2, -0.15) is 0 Å². The van der Waals surface area contributed by atoms with Gasteiger partial charge in [-0.1, -0.05) is 6.08 Å². The minimum absolute atomic E-state index is 0. The molecule has 0 fully saturated rings. The van der Waals surface area contributed by atoms with Gasteiger partial charge in [0.15, 0.2) is 0 Å². The molecule has 0 amide bonds. The van der Waals surface area contributed by atoms with Crippen molar-refractivity contribution >= 4 is 25.1 Å². The molecule has 0 saturated carbocycles. The first kappa shape index (κ1) is 9.38. The molecule has 0 aliphatic rings. The van der Waals surface area contributed by atoms with E-state index in [1.807, 2.05) is 0 Å². The van der Waals surface area contributed by atoms with Gasteiger partial charge < -0.3 is 0 Å². The van der Waals surface area contributed by atoms with Gasteiger partial charge in [-0.25, -0.2) is 0 Å². The van der Waals surface area contributed by atoms with Crippen LogP contribution in [0.2, 0.25) is 0 Å². The van der Waals surface area contributed by atoms with Gasteiger partial charge >= 0.3 is 18.9 Å². The Morgan fingerprint density at radius 1 is 1.50 bits per heavy atom. The fraction of sp³-hybridized carbons (Fsp3) is 0.250. The number of hydrogen-bond donors (Lipinski definition) is 0. The third-order valence-electron chi connectivity index (χ3n) is 0.271. The Hall–Kier alpha value is 0.00740. The fourth-order valence-electron chi connectivity index (χ4n) is 0.0786. The summed E-state index contributed by atoms with van der Waals surface area (Å²) in [7, 11) is 0. The molecule has 0 atom stereocenters. The predicted octanol–water partition coefficient (Wildman–Crippen LogP) is 0.113. The normalized spacial score (nSPS) is 7.50. The molecule has 0 aliphatic carbocycles. The Bertz CT molecular complexity index is 49.5. The van der Waals surface area contributed by atoms with Crippen molar-refractivity contribution in [3.05, 3.63) is 12.2 Å². The number of aldehydes is 1. The van der Waals surface area contributed by atoms with Crippen molar-refractivity contribution in [1.29, 1.82) is 0 Å². The van der Waals surface area contributed by atoms with Crippen molar-refractivity contribution in [2.45, 2.75) is 6.92 Å². The molecule has 2 heteroatoms. The summed E-state index contributed by atoms with van der Waals surface area (Å²) in [6.07, 6.45) is 3.88. The molecule has 0 aromatic rings. The van der Waals surface area contributed by atoms with Crippen LogP contribution in [0.5, 0.6) is 0 Å². The molecule has 0 heterocycles. The van der Waals surface area contributed by atoms with Crippen molar-refractivity contribution in [2.75, 3.05) is 0 Å². The second-order valence-corrected chi connectivity index (χ2v) is 0.662. The predicted molar refractivity (Wildman–Crippen MR) is 28.0 cm³/mol. The molecule has 0 aliphatic heterocycles. The summed E-state index contributed by atoms with van der Waals surface area (Å²) in [5, 5.41) is 0. The van der Waals surface area contributed by atoms with E-state index in [-0.39, 0.29) is 18.9 Å². The first-order chi connectivity index (χ1) is 2.41. The molecule has 0 unspecified atom stereocenters. The Labute approximate surface area is 49.6 Å². The van der Waals surface area contributed by atoms with Crippen molar-refractivity contribution in [3.8, 4) is 0 Å². The van der Waals surface area contributed by atoms with Crippen LogP contribution in [0.4, 0.5) is 0 Å². The Balaban J connectivity index is 0. The SMILES string of the molecule is CC=CC=O.[LiH]. The van der Waals surface area contributed by atoms with Crippen LogP contribution in [0, 0.1) is 0 Å². The van der Waals surface area contributed by atoms with E-state index in [4.69, 9.17) is 0 Å². The monoisotopic (exact) mass is 78.1 g/mol. The minimum atomic E-state index is 0. The Morgan fingerprint density at radius 2 is 2.00 bits per heavy atom. The van der Waals surface area contributed by atoms with Gasteiger partial charge in [0.05, 0.1) is 0 Å². The number of carbonyl (C=O) groups excluding carboxylic acids is 1. The average molecular weight is 78.0 g/mol. The number of rotatable bonds is 1. The van der Waals surface area contributed by atoms with E-state index in [9.17, 15) is 4.79 Å². The molecule has 30 valence electrons. The number of hydrogen-bond acceptors (Lipinski definition) is 1. The van der Waals surface area contributed by atoms with Crippen LogP contribution in [0.3, 0.4) is 0 Å². The molecular weight excluding hydrogens is 71.0 g/mol. The van der Waals surface area contributed by atoms with E-state index in [2.05, 4.69) is 0 Å². The molecule has 6 heavy (non-hydrogen) atoms. The molecule has 0 aromatic carbocycles. The zero-order chi connectivity index (χ0) is 4.12. The molecule has 0 bridgehead atoms. The van der Waals surface area contributed by atoms with Crippen molar-refractivity contribution in [3.63, 3.8) is 0 Å². The van der Waals surface area contributed by atoms with Crippen LogP contribution >= 0.6 is 0 Å². The summed E-state index contributed by atoms with van der Waals surface area (Å²) < 4.78 is 0. The van der Waals surface area contributed by atoms with E-state index < -0.39 is 0 Å². The summed E-state index contributed by atoms with van der Waals surface area (Å²) in [5.41, 5.74) is 0. The quantitative estimate of drug-likeness (QED) is 0.247. The Kier molecular flexibility index (Phi) is 13.9. The van der Waals surface area contributed by atoms with Crippen molar-refractivity contribution < 1.29 is 4.79 Å². The second-order valence-electron chi connectivity index (χ2n) is 0.662. The third-order valence-corrected chi connectivity index (χ3v) is 0.271. The zero-order valence-electron chi connectivity index (χ0n) is 3.14. The van der Waals surface area contributed by atoms with E-state index in [1.54, 1.807) is 13.0 Å². The zero-order valence-corrected chi connectivity index (χ0v) is 3.14. The summed E-state index contributed by atoms with van der Waals surface area (Å²) in [4.78, 5) is 9.32. The first-order valence-electron chi connectivity index (χ1n) is 1.48. The Morgan fingerprint density at radius 3 is 2.00 bits per heavy atom. The molecule has 0 spiro atoms. The van der Waals surface area contributed by atoms with Gasteiger partial charge in [-0.05, 0) is 13.0 Å². The van der Waals surface area contributed by atoms with Gasteiger partial charge in [0.1, 0.15) is 6.29 Å². The van der Waals surface area contributed by atoms with E-state index in [0.29, 0.717) is 0 Å². The molecule has 0 saturated heterocycles. The van der Waals surface area contributed by atoms with E-state index >= 15 is 0 Å². The van der Waals surface area contributed by atoms with Gasteiger partial charge in [0, 0.05) is 0 Å². The molecular formula is C4H7LiO. The average Bonchev–Trinajstić information content (AvgIpc) is 1.41. The molecule has 0 rings (SSSR count). The maximum atomic E-state index is 9.32. The van der Waals surface area contributed by atoms with Crippen LogP contribution in [0.25, 0.3) is 0 Å². The molecule has 0 N–H and O–H groups in total. The van der Waals surface area contributed by atoms with Crippen LogP contribution in [-0.2, 0) is 4.79 Å². The van der Waals surface area contributed by atoms with Crippen LogP contribution in [-0.4, -0.2) is 25.1 Å². The van der Waals surface area contributed by atoms with E-state index in [1.165, 1.54) is 6.08 Å². The maximum absolute atomic E-state index is 9.32. The third kappa shape index (κ3) is 8.99. The topological polar surface area (TPSA) is 17.1 Å². The van der Waals surface area contributed by atoms with E-state index in [0.717, 1.165) is 6.29 Å². The number of carbonyl (C=O) groups is 1. The van der Waals surface area contributed by atoms with Gasteiger partial charge in [0.25, 0.3) is 0 Å².